The topological polar surface area (TPSA) is 53.2 Å². The maximum absolute atomic E-state index is 13.7. The Morgan fingerprint density at radius 1 is 1.50 bits per heavy atom. The number of halogens is 1. The van der Waals surface area contributed by atoms with E-state index in [0.717, 1.165) is 0 Å². The van der Waals surface area contributed by atoms with Crippen molar-refractivity contribution in [1.29, 1.82) is 5.26 Å². The van der Waals surface area contributed by atoms with Crippen LogP contribution in [0, 0.1) is 24.1 Å². The van der Waals surface area contributed by atoms with Gasteiger partial charge >= 0.3 is 0 Å². The third-order valence-electron chi connectivity index (χ3n) is 2.54. The number of rotatable bonds is 2. The van der Waals surface area contributed by atoms with Gasteiger partial charge in [0.15, 0.2) is 11.5 Å². The average Bonchev–Trinajstić information content (AvgIpc) is 2.25. The van der Waals surface area contributed by atoms with Crippen LogP contribution in [0.25, 0.3) is 0 Å². The van der Waals surface area contributed by atoms with E-state index in [1.807, 2.05) is 0 Å². The molecule has 1 aromatic carbocycles. The molecule has 0 heterocycles. The summed E-state index contributed by atoms with van der Waals surface area (Å²) in [7, 11) is 1.31. The number of aromatic hydroxyl groups is 1. The Kier molecular flexibility index (Phi) is 3.09. The van der Waals surface area contributed by atoms with Crippen molar-refractivity contribution in [3.63, 3.8) is 0 Å². The van der Waals surface area contributed by atoms with E-state index in [1.54, 1.807) is 26.8 Å². The Balaban J connectivity index is 3.59. The van der Waals surface area contributed by atoms with Crippen LogP contribution in [0.15, 0.2) is 6.07 Å². The molecule has 86 valence electrons. The Labute approximate surface area is 94.1 Å². The average molecular weight is 223 g/mol. The number of hydrogen-bond acceptors (Lipinski definition) is 3. The Bertz CT molecular complexity index is 461. The molecule has 0 saturated carbocycles. The lowest BCUT2D eigenvalue weighted by molar-refractivity contribution is 0.354. The molecule has 1 N–H and O–H groups in total. The molecule has 3 nitrogen and oxygen atoms in total. The third-order valence-corrected chi connectivity index (χ3v) is 2.54. The van der Waals surface area contributed by atoms with Gasteiger partial charge in [0.1, 0.15) is 0 Å². The van der Waals surface area contributed by atoms with Crippen molar-refractivity contribution in [2.45, 2.75) is 26.2 Å². The van der Waals surface area contributed by atoms with Crippen LogP contribution < -0.4 is 4.74 Å². The lowest BCUT2D eigenvalue weighted by atomic mass is 9.84. The van der Waals surface area contributed by atoms with Crippen LogP contribution in [0.1, 0.15) is 25.0 Å². The van der Waals surface area contributed by atoms with Crippen LogP contribution in [-0.2, 0) is 5.41 Å². The van der Waals surface area contributed by atoms with E-state index < -0.39 is 17.0 Å². The van der Waals surface area contributed by atoms with E-state index in [-0.39, 0.29) is 5.75 Å². The molecule has 0 aliphatic heterocycles. The minimum Gasteiger partial charge on any atom is -0.505 e. The highest BCUT2D eigenvalue weighted by molar-refractivity contribution is 5.51. The molecule has 1 aromatic rings. The summed E-state index contributed by atoms with van der Waals surface area (Å²) in [6.07, 6.45) is 0. The van der Waals surface area contributed by atoms with E-state index >= 15 is 0 Å². The Morgan fingerprint density at radius 3 is 2.50 bits per heavy atom. The van der Waals surface area contributed by atoms with Crippen molar-refractivity contribution in [2.75, 3.05) is 7.11 Å². The molecule has 0 fully saturated rings. The first-order valence-electron chi connectivity index (χ1n) is 4.83. The van der Waals surface area contributed by atoms with Crippen molar-refractivity contribution in [3.8, 4) is 17.6 Å². The highest BCUT2D eigenvalue weighted by atomic mass is 19.1. The van der Waals surface area contributed by atoms with Gasteiger partial charge in [-0.25, -0.2) is 0 Å². The van der Waals surface area contributed by atoms with E-state index in [2.05, 4.69) is 6.07 Å². The summed E-state index contributed by atoms with van der Waals surface area (Å²) in [6.45, 7) is 4.91. The summed E-state index contributed by atoms with van der Waals surface area (Å²) in [6, 6.07) is 3.65. The predicted molar refractivity (Wildman–Crippen MR) is 58.0 cm³/mol. The third kappa shape index (κ3) is 1.81. The lowest BCUT2D eigenvalue weighted by Gasteiger charge is -2.21. The van der Waals surface area contributed by atoms with Gasteiger partial charge in [-0.05, 0) is 32.4 Å². The number of methoxy groups -OCH3 is 1. The summed E-state index contributed by atoms with van der Waals surface area (Å²) in [5, 5.41) is 18.5. The van der Waals surface area contributed by atoms with Crippen LogP contribution in [0.3, 0.4) is 0 Å². The van der Waals surface area contributed by atoms with Gasteiger partial charge in [-0.15, -0.1) is 0 Å². The standard InChI is InChI=1S/C12H14FNO2/c1-7-5-8(12(2,3)6-14)11(16-4)9(13)10(7)15/h5,15H,1-4H3. The molecule has 0 aliphatic carbocycles. The molecule has 0 unspecified atom stereocenters. The monoisotopic (exact) mass is 223 g/mol. The fraction of sp³-hybridized carbons (Fsp3) is 0.417. The van der Waals surface area contributed by atoms with Gasteiger partial charge in [0.2, 0.25) is 5.82 Å². The van der Waals surface area contributed by atoms with Gasteiger partial charge in [0.25, 0.3) is 0 Å². The fourth-order valence-electron chi connectivity index (χ4n) is 1.47. The number of nitriles is 1. The molecular formula is C12H14FNO2. The van der Waals surface area contributed by atoms with Gasteiger partial charge in [-0.3, -0.25) is 0 Å². The molecule has 0 saturated heterocycles. The molecule has 16 heavy (non-hydrogen) atoms. The van der Waals surface area contributed by atoms with E-state index in [0.29, 0.717) is 11.1 Å². The molecule has 0 atom stereocenters. The molecule has 0 radical (unpaired) electrons. The van der Waals surface area contributed by atoms with Gasteiger partial charge in [-0.1, -0.05) is 0 Å². The van der Waals surface area contributed by atoms with Crippen LogP contribution in [-0.4, -0.2) is 12.2 Å². The first-order chi connectivity index (χ1) is 7.35. The Hall–Kier alpha value is -1.76. The SMILES string of the molecule is COc1c(C(C)(C)C#N)cc(C)c(O)c1F. The van der Waals surface area contributed by atoms with Gasteiger partial charge in [0, 0.05) is 5.56 Å². The lowest BCUT2D eigenvalue weighted by Crippen LogP contribution is -2.16. The van der Waals surface area contributed by atoms with Crippen LogP contribution in [0.2, 0.25) is 0 Å². The minimum atomic E-state index is -0.870. The van der Waals surface area contributed by atoms with Crippen molar-refractivity contribution in [2.24, 2.45) is 0 Å². The minimum absolute atomic E-state index is 0.0744. The number of phenols is 1. The summed E-state index contributed by atoms with van der Waals surface area (Å²) in [5.41, 5.74) is -0.0492. The van der Waals surface area contributed by atoms with Crippen molar-refractivity contribution in [1.82, 2.24) is 0 Å². The molecule has 0 bridgehead atoms. The van der Waals surface area contributed by atoms with Gasteiger partial charge in [0.05, 0.1) is 18.6 Å². The van der Waals surface area contributed by atoms with Crippen molar-refractivity contribution < 1.29 is 14.2 Å². The van der Waals surface area contributed by atoms with E-state index in [1.165, 1.54) is 7.11 Å². The number of hydrogen-bond donors (Lipinski definition) is 1. The van der Waals surface area contributed by atoms with Crippen LogP contribution in [0.5, 0.6) is 11.5 Å². The highest BCUT2D eigenvalue weighted by Crippen LogP contribution is 2.38. The summed E-state index contributed by atoms with van der Waals surface area (Å²) in [5.74, 6) is -1.33. The van der Waals surface area contributed by atoms with Crippen LogP contribution in [0.4, 0.5) is 4.39 Å². The fourth-order valence-corrected chi connectivity index (χ4v) is 1.47. The number of benzene rings is 1. The molecule has 0 spiro atoms. The van der Waals surface area contributed by atoms with Gasteiger partial charge < -0.3 is 9.84 Å². The summed E-state index contributed by atoms with van der Waals surface area (Å²) in [4.78, 5) is 0. The second-order valence-corrected chi connectivity index (χ2v) is 4.17. The smallest absolute Gasteiger partial charge is 0.207 e. The quantitative estimate of drug-likeness (QED) is 0.838. The zero-order chi connectivity index (χ0) is 12.5. The van der Waals surface area contributed by atoms with E-state index in [4.69, 9.17) is 10.00 Å². The van der Waals surface area contributed by atoms with Crippen LogP contribution >= 0.6 is 0 Å². The molecule has 0 amide bonds. The maximum atomic E-state index is 13.7. The van der Waals surface area contributed by atoms with Crippen molar-refractivity contribution in [3.05, 3.63) is 23.0 Å². The zero-order valence-corrected chi connectivity index (χ0v) is 9.76. The zero-order valence-electron chi connectivity index (χ0n) is 9.76. The first-order valence-corrected chi connectivity index (χ1v) is 4.83. The molecule has 0 aliphatic rings. The molecule has 1 rings (SSSR count). The number of ether oxygens (including phenoxy) is 1. The van der Waals surface area contributed by atoms with Crippen molar-refractivity contribution >= 4 is 0 Å². The second-order valence-electron chi connectivity index (χ2n) is 4.17. The highest BCUT2D eigenvalue weighted by Gasteiger charge is 2.28. The van der Waals surface area contributed by atoms with Gasteiger partial charge in [-0.2, -0.15) is 9.65 Å². The number of aryl methyl sites for hydroxylation is 1. The summed E-state index contributed by atoms with van der Waals surface area (Å²) >= 11 is 0. The number of phenolic OH excluding ortho intramolecular Hbond substituents is 1. The first kappa shape index (κ1) is 12.3. The summed E-state index contributed by atoms with van der Waals surface area (Å²) < 4.78 is 18.6. The second kappa shape index (κ2) is 4.01. The Morgan fingerprint density at radius 2 is 2.06 bits per heavy atom. The van der Waals surface area contributed by atoms with E-state index in [9.17, 15) is 9.50 Å². The largest absolute Gasteiger partial charge is 0.505 e. The predicted octanol–water partition coefficient (Wildman–Crippen LogP) is 2.65. The number of nitrogens with zero attached hydrogens (tertiary/aromatic N) is 1. The molecular weight excluding hydrogens is 209 g/mol. The molecule has 4 heteroatoms. The maximum Gasteiger partial charge on any atom is 0.207 e. The molecule has 0 aromatic heterocycles. The normalized spacial score (nSPS) is 11.0.